The third-order valence-electron chi connectivity index (χ3n) is 5.44. The van der Waals surface area contributed by atoms with E-state index in [0.717, 1.165) is 33.2 Å². The van der Waals surface area contributed by atoms with Gasteiger partial charge in [0, 0.05) is 41.7 Å². The zero-order valence-electron chi connectivity index (χ0n) is 17.1. The predicted molar refractivity (Wildman–Crippen MR) is 113 cm³/mol. The van der Waals surface area contributed by atoms with Gasteiger partial charge in [0.1, 0.15) is 11.3 Å². The summed E-state index contributed by atoms with van der Waals surface area (Å²) in [4.78, 5) is 18.8. The molecule has 0 aliphatic carbocycles. The zero-order valence-corrected chi connectivity index (χ0v) is 17.1. The van der Waals surface area contributed by atoms with Gasteiger partial charge in [0.25, 0.3) is 0 Å². The van der Waals surface area contributed by atoms with Crippen molar-refractivity contribution in [1.82, 2.24) is 9.88 Å². The lowest BCUT2D eigenvalue weighted by atomic mass is 10.0. The number of benzene rings is 1. The van der Waals surface area contributed by atoms with Crippen LogP contribution in [0.5, 0.6) is 0 Å². The molecule has 0 aliphatic heterocycles. The lowest BCUT2D eigenvalue weighted by molar-refractivity contribution is 0.217. The highest BCUT2D eigenvalue weighted by molar-refractivity contribution is 5.97. The summed E-state index contributed by atoms with van der Waals surface area (Å²) >= 11 is 0. The average molecular weight is 392 g/mol. The average Bonchev–Trinajstić information content (AvgIpc) is 3.13. The molecule has 4 aromatic rings. The summed E-state index contributed by atoms with van der Waals surface area (Å²) < 4.78 is 11.7. The van der Waals surface area contributed by atoms with Crippen molar-refractivity contribution >= 4 is 21.9 Å². The molecule has 29 heavy (non-hydrogen) atoms. The number of nitrogens with zero attached hydrogens (tertiary/aromatic N) is 2. The van der Waals surface area contributed by atoms with Gasteiger partial charge in [0.15, 0.2) is 5.58 Å². The topological polar surface area (TPSA) is 79.7 Å². The van der Waals surface area contributed by atoms with Gasteiger partial charge < -0.3 is 13.9 Å². The fourth-order valence-corrected chi connectivity index (χ4v) is 3.66. The first-order chi connectivity index (χ1) is 13.9. The van der Waals surface area contributed by atoms with Crippen molar-refractivity contribution in [2.75, 3.05) is 20.2 Å². The van der Waals surface area contributed by atoms with Gasteiger partial charge in [-0.15, -0.1) is 0 Å². The normalized spacial score (nSPS) is 11.8. The van der Waals surface area contributed by atoms with Crippen LogP contribution >= 0.6 is 0 Å². The van der Waals surface area contributed by atoms with Crippen LogP contribution in [0.15, 0.2) is 44.1 Å². The van der Waals surface area contributed by atoms with E-state index in [1.54, 1.807) is 0 Å². The SMILES string of the molecule is Cc1ccc2c(-c3cc4c(CN(C)CCO)cnc(C)c4o3)cc(=O)oc2c1C. The Bertz CT molecular complexity index is 1270. The highest BCUT2D eigenvalue weighted by atomic mass is 16.4. The van der Waals surface area contributed by atoms with Crippen LogP contribution in [0.3, 0.4) is 0 Å². The summed E-state index contributed by atoms with van der Waals surface area (Å²) in [7, 11) is 1.95. The lowest BCUT2D eigenvalue weighted by Gasteiger charge is -2.15. The van der Waals surface area contributed by atoms with Crippen LogP contribution in [0, 0.1) is 20.8 Å². The van der Waals surface area contributed by atoms with Crippen LogP contribution in [0.25, 0.3) is 33.3 Å². The number of hydrogen-bond donors (Lipinski definition) is 1. The molecule has 0 amide bonds. The number of fused-ring (bicyclic) bond motifs is 2. The first-order valence-electron chi connectivity index (χ1n) is 9.61. The molecule has 0 saturated carbocycles. The van der Waals surface area contributed by atoms with Gasteiger partial charge in [-0.3, -0.25) is 9.88 Å². The molecule has 4 rings (SSSR count). The summed E-state index contributed by atoms with van der Waals surface area (Å²) in [6.07, 6.45) is 1.84. The largest absolute Gasteiger partial charge is 0.454 e. The quantitative estimate of drug-likeness (QED) is 0.518. The highest BCUT2D eigenvalue weighted by Gasteiger charge is 2.18. The number of likely N-dealkylation sites (N-methyl/N-ethyl adjacent to an activating group) is 1. The van der Waals surface area contributed by atoms with E-state index in [1.165, 1.54) is 6.07 Å². The van der Waals surface area contributed by atoms with E-state index in [1.807, 2.05) is 57.1 Å². The number of furan rings is 1. The van der Waals surface area contributed by atoms with Crippen molar-refractivity contribution in [2.24, 2.45) is 0 Å². The summed E-state index contributed by atoms with van der Waals surface area (Å²) in [6, 6.07) is 7.43. The standard InChI is InChI=1S/C23H24N2O4/c1-13-5-6-17-19(10-21(27)29-22(17)14(13)2)20-9-18-16(12-25(4)7-8-26)11-24-15(3)23(18)28-20/h5-6,9-11,26H,7-8,12H2,1-4H3. The number of aromatic nitrogens is 1. The maximum Gasteiger partial charge on any atom is 0.336 e. The van der Waals surface area contributed by atoms with Crippen LogP contribution in [0.2, 0.25) is 0 Å². The number of hydrogen-bond acceptors (Lipinski definition) is 6. The number of aliphatic hydroxyl groups excluding tert-OH is 1. The minimum absolute atomic E-state index is 0.0973. The van der Waals surface area contributed by atoms with Crippen LogP contribution in [-0.4, -0.2) is 35.2 Å². The molecule has 0 aliphatic rings. The van der Waals surface area contributed by atoms with Gasteiger partial charge in [-0.25, -0.2) is 4.79 Å². The molecule has 0 fully saturated rings. The van der Waals surface area contributed by atoms with E-state index < -0.39 is 5.63 Å². The van der Waals surface area contributed by atoms with E-state index in [-0.39, 0.29) is 6.61 Å². The van der Waals surface area contributed by atoms with Crippen LogP contribution in [-0.2, 0) is 6.54 Å². The van der Waals surface area contributed by atoms with Gasteiger partial charge in [0.05, 0.1) is 12.3 Å². The molecule has 0 bridgehead atoms. The molecule has 3 aromatic heterocycles. The maximum absolute atomic E-state index is 12.3. The smallest absolute Gasteiger partial charge is 0.336 e. The molecule has 1 aromatic carbocycles. The van der Waals surface area contributed by atoms with Gasteiger partial charge in [-0.1, -0.05) is 12.1 Å². The molecule has 0 saturated heterocycles. The monoisotopic (exact) mass is 392 g/mol. The molecule has 0 radical (unpaired) electrons. The second-order valence-electron chi connectivity index (χ2n) is 7.55. The summed E-state index contributed by atoms with van der Waals surface area (Å²) in [5, 5.41) is 11.0. The van der Waals surface area contributed by atoms with Crippen LogP contribution in [0.4, 0.5) is 0 Å². The minimum atomic E-state index is -0.403. The van der Waals surface area contributed by atoms with Crippen molar-refractivity contribution in [2.45, 2.75) is 27.3 Å². The number of aryl methyl sites for hydroxylation is 3. The molecule has 0 atom stereocenters. The van der Waals surface area contributed by atoms with Crippen molar-refractivity contribution in [3.63, 3.8) is 0 Å². The molecule has 6 nitrogen and oxygen atoms in total. The first kappa shape index (κ1) is 19.4. The summed E-state index contributed by atoms with van der Waals surface area (Å²) in [5.74, 6) is 0.614. The maximum atomic E-state index is 12.3. The molecule has 1 N–H and O–H groups in total. The summed E-state index contributed by atoms with van der Waals surface area (Å²) in [6.45, 7) is 7.16. The van der Waals surface area contributed by atoms with E-state index in [4.69, 9.17) is 8.83 Å². The van der Waals surface area contributed by atoms with Gasteiger partial charge >= 0.3 is 5.63 Å². The number of rotatable bonds is 5. The van der Waals surface area contributed by atoms with E-state index in [9.17, 15) is 9.90 Å². The Morgan fingerprint density at radius 1 is 1.07 bits per heavy atom. The second kappa shape index (κ2) is 7.46. The Kier molecular flexibility index (Phi) is 4.98. The molecule has 150 valence electrons. The lowest BCUT2D eigenvalue weighted by Crippen LogP contribution is -2.21. The van der Waals surface area contributed by atoms with E-state index in [2.05, 4.69) is 4.98 Å². The Hall–Kier alpha value is -2.96. The first-order valence-corrected chi connectivity index (χ1v) is 9.61. The fraction of sp³-hybridized carbons (Fsp3) is 0.304. The zero-order chi connectivity index (χ0) is 20.7. The van der Waals surface area contributed by atoms with Gasteiger partial charge in [-0.05, 0) is 50.6 Å². The Morgan fingerprint density at radius 2 is 1.86 bits per heavy atom. The molecular formula is C23H24N2O4. The van der Waals surface area contributed by atoms with Crippen molar-refractivity contribution in [3.05, 3.63) is 63.3 Å². The Balaban J connectivity index is 1.93. The van der Waals surface area contributed by atoms with Gasteiger partial charge in [-0.2, -0.15) is 0 Å². The minimum Gasteiger partial charge on any atom is -0.454 e. The molecule has 0 unspecified atom stereocenters. The predicted octanol–water partition coefficient (Wildman–Crippen LogP) is 3.95. The van der Waals surface area contributed by atoms with Crippen molar-refractivity contribution in [1.29, 1.82) is 0 Å². The molecular weight excluding hydrogens is 368 g/mol. The Labute approximate surface area is 168 Å². The van der Waals surface area contributed by atoms with Gasteiger partial charge in [0.2, 0.25) is 0 Å². The highest BCUT2D eigenvalue weighted by Crippen LogP contribution is 2.35. The molecule has 0 spiro atoms. The van der Waals surface area contributed by atoms with E-state index >= 15 is 0 Å². The molecule has 6 heteroatoms. The Morgan fingerprint density at radius 3 is 2.62 bits per heavy atom. The van der Waals surface area contributed by atoms with E-state index in [0.29, 0.717) is 35.6 Å². The summed E-state index contributed by atoms with van der Waals surface area (Å²) in [5.41, 5.74) is 5.42. The van der Waals surface area contributed by atoms with Crippen molar-refractivity contribution in [3.8, 4) is 11.3 Å². The second-order valence-corrected chi connectivity index (χ2v) is 7.55. The van der Waals surface area contributed by atoms with Crippen LogP contribution < -0.4 is 5.63 Å². The molecule has 3 heterocycles. The third kappa shape index (κ3) is 3.45. The van der Waals surface area contributed by atoms with Crippen molar-refractivity contribution < 1.29 is 13.9 Å². The third-order valence-corrected chi connectivity index (χ3v) is 5.44. The number of aliphatic hydroxyl groups is 1. The fourth-order valence-electron chi connectivity index (χ4n) is 3.66. The number of pyridine rings is 1. The van der Waals surface area contributed by atoms with Crippen LogP contribution in [0.1, 0.15) is 22.4 Å².